The minimum absolute atomic E-state index is 0.690. The summed E-state index contributed by atoms with van der Waals surface area (Å²) in [6.07, 6.45) is 5.47. The van der Waals surface area contributed by atoms with E-state index in [9.17, 15) is 0 Å². The molecule has 2 heteroatoms. The molecule has 3 aliphatic rings. The second kappa shape index (κ2) is 9.50. The third-order valence-corrected chi connectivity index (χ3v) is 33.4. The molecular weight excluding hydrogens is 663 g/mol. The first-order chi connectivity index (χ1) is 19.3. The molecule has 0 radical (unpaired) electrons. The van der Waals surface area contributed by atoms with Crippen LogP contribution in [0.3, 0.4) is 0 Å². The number of aryl methyl sites for hydroxylation is 2. The van der Waals surface area contributed by atoms with Crippen LogP contribution in [0.4, 0.5) is 0 Å². The topological polar surface area (TPSA) is 0 Å². The molecule has 4 aromatic carbocycles. The summed E-state index contributed by atoms with van der Waals surface area (Å²) in [6, 6.07) is 35.4. The Hall–Kier alpha value is -2.55. The zero-order valence-corrected chi connectivity index (χ0v) is 29.4. The number of rotatable bonds is 4. The maximum absolute atomic E-state index is 3.00. The molecule has 0 bridgehead atoms. The van der Waals surface area contributed by atoms with Gasteiger partial charge in [-0.15, -0.1) is 0 Å². The van der Waals surface area contributed by atoms with E-state index >= 15 is 0 Å². The fraction of sp³-hybridized carbons (Fsp3) is 0.263. The second-order valence-corrected chi connectivity index (χ2v) is 35.0. The van der Waals surface area contributed by atoms with Crippen molar-refractivity contribution in [3.05, 3.63) is 129 Å². The van der Waals surface area contributed by atoms with E-state index in [0.717, 1.165) is 0 Å². The van der Waals surface area contributed by atoms with Crippen molar-refractivity contribution in [2.75, 3.05) is 0 Å². The Morgan fingerprint density at radius 3 is 1.35 bits per heavy atom. The fourth-order valence-corrected chi connectivity index (χ4v) is 40.5. The number of allylic oxidation sites excluding steroid dienone is 2. The molecule has 200 valence electrons. The van der Waals surface area contributed by atoms with E-state index in [1.807, 2.05) is 10.4 Å². The third kappa shape index (κ3) is 3.64. The molecule has 1 saturated heterocycles. The molecule has 2 unspecified atom stereocenters. The van der Waals surface area contributed by atoms with Gasteiger partial charge in [-0.25, -0.2) is 0 Å². The van der Waals surface area contributed by atoms with Crippen LogP contribution in [-0.2, 0) is 20.0 Å². The third-order valence-electron chi connectivity index (χ3n) is 10.6. The Bertz CT molecular complexity index is 1570. The van der Waals surface area contributed by atoms with Crippen molar-refractivity contribution in [3.8, 4) is 22.3 Å². The number of benzene rings is 4. The molecule has 0 aromatic heterocycles. The van der Waals surface area contributed by atoms with Crippen LogP contribution in [0, 0.1) is 13.8 Å². The number of hydrogen-bond acceptors (Lipinski definition) is 0. The van der Waals surface area contributed by atoms with Gasteiger partial charge in [0, 0.05) is 0 Å². The molecule has 2 aliphatic carbocycles. The second-order valence-electron chi connectivity index (χ2n) is 13.0. The molecule has 1 heterocycles. The summed E-state index contributed by atoms with van der Waals surface area (Å²) in [5.74, 6) is 0. The van der Waals surface area contributed by atoms with E-state index in [4.69, 9.17) is 0 Å². The van der Waals surface area contributed by atoms with Gasteiger partial charge >= 0.3 is 248 Å². The van der Waals surface area contributed by atoms with Crippen LogP contribution in [0.5, 0.6) is 0 Å². The quantitative estimate of drug-likeness (QED) is 0.186. The summed E-state index contributed by atoms with van der Waals surface area (Å²) in [7, 11) is -1.86. The zero-order valence-electron chi connectivity index (χ0n) is 24.8. The molecular formula is C38H40HfSi. The van der Waals surface area contributed by atoms with Crippen LogP contribution >= 0.6 is 0 Å². The summed E-state index contributed by atoms with van der Waals surface area (Å²) in [4.78, 5) is 0. The Balaban J connectivity index is 1.46. The fourth-order valence-electron chi connectivity index (χ4n) is 8.61. The van der Waals surface area contributed by atoms with Gasteiger partial charge in [0.15, 0.2) is 0 Å². The van der Waals surface area contributed by atoms with Crippen LogP contribution < -0.4 is 0 Å². The van der Waals surface area contributed by atoms with Crippen LogP contribution in [-0.4, -0.2) is 8.07 Å². The predicted octanol–water partition coefficient (Wildman–Crippen LogP) is 11.0. The first kappa shape index (κ1) is 26.4. The Morgan fingerprint density at radius 2 is 0.975 bits per heavy atom. The van der Waals surface area contributed by atoms with Crippen molar-refractivity contribution < 1.29 is 20.0 Å². The monoisotopic (exact) mass is 704 g/mol. The Morgan fingerprint density at radius 1 is 0.575 bits per heavy atom. The van der Waals surface area contributed by atoms with E-state index in [0.29, 0.717) is 7.35 Å². The van der Waals surface area contributed by atoms with Crippen molar-refractivity contribution in [2.45, 2.75) is 56.5 Å². The van der Waals surface area contributed by atoms with Crippen molar-refractivity contribution in [3.63, 3.8) is 0 Å². The van der Waals surface area contributed by atoms with E-state index in [1.165, 1.54) is 56.6 Å². The summed E-state index contributed by atoms with van der Waals surface area (Å²) in [5.41, 5.74) is 14.6. The van der Waals surface area contributed by atoms with Crippen LogP contribution in [0.2, 0.25) is 21.4 Å². The van der Waals surface area contributed by atoms with Crippen molar-refractivity contribution in [1.29, 1.82) is 0 Å². The van der Waals surface area contributed by atoms with Gasteiger partial charge in [-0.2, -0.15) is 0 Å². The summed E-state index contributed by atoms with van der Waals surface area (Å²) in [5, 5.41) is 3.76. The van der Waals surface area contributed by atoms with Gasteiger partial charge in [0.2, 0.25) is 0 Å². The molecule has 7 rings (SSSR count). The van der Waals surface area contributed by atoms with Crippen molar-refractivity contribution >= 4 is 20.2 Å². The number of hydrogen-bond donors (Lipinski definition) is 0. The van der Waals surface area contributed by atoms with Gasteiger partial charge in [-0.05, 0) is 0 Å². The molecule has 1 fully saturated rings. The van der Waals surface area contributed by atoms with Crippen molar-refractivity contribution in [2.24, 2.45) is 0 Å². The molecule has 40 heavy (non-hydrogen) atoms. The van der Waals surface area contributed by atoms with Gasteiger partial charge in [0.25, 0.3) is 0 Å². The predicted molar refractivity (Wildman–Crippen MR) is 173 cm³/mol. The van der Waals surface area contributed by atoms with Gasteiger partial charge in [-0.1, -0.05) is 0 Å². The Labute approximate surface area is 246 Å². The molecule has 0 N–H and O–H groups in total. The summed E-state index contributed by atoms with van der Waals surface area (Å²) < 4.78 is 6.95. The van der Waals surface area contributed by atoms with Gasteiger partial charge in [-0.3, -0.25) is 0 Å². The van der Waals surface area contributed by atoms with E-state index in [2.05, 4.69) is 134 Å². The first-order valence-electron chi connectivity index (χ1n) is 15.1. The van der Waals surface area contributed by atoms with E-state index in [-0.39, 0.29) is 0 Å². The van der Waals surface area contributed by atoms with Crippen LogP contribution in [0.15, 0.2) is 95.3 Å². The average molecular weight is 703 g/mol. The molecule has 4 aromatic rings. The van der Waals surface area contributed by atoms with Gasteiger partial charge in [0.05, 0.1) is 0 Å². The molecule has 0 saturated carbocycles. The molecule has 0 spiro atoms. The molecule has 2 atom stereocenters. The molecule has 0 amide bonds. The SMILES string of the molecule is CC[Si]1(CC)C2=Cc3c(-c4ccc(C)cc4)cccc3[CH]2[Hf]([CH3])([CH3])[CH]2C1=Cc1c(-c3ccc(C)cc3)cccc12. The average Bonchev–Trinajstić information content (AvgIpc) is 3.56. The molecule has 0 nitrogen and oxygen atoms in total. The van der Waals surface area contributed by atoms with E-state index < -0.39 is 28.0 Å². The summed E-state index contributed by atoms with van der Waals surface area (Å²) in [6.45, 7) is 9.39. The van der Waals surface area contributed by atoms with Crippen LogP contribution in [0.1, 0.15) is 54.6 Å². The zero-order chi connectivity index (χ0) is 27.8. The number of fused-ring (bicyclic) bond motifs is 6. The minimum atomic E-state index is -3.00. The Kier molecular flexibility index (Phi) is 6.26. The van der Waals surface area contributed by atoms with Crippen molar-refractivity contribution in [1.82, 2.24) is 0 Å². The first-order valence-corrected chi connectivity index (χ1v) is 28.9. The standard InChI is InChI=1S/C36H34Si.2CH3.Hf/c1-5-37(6-2,31-21-29-9-7-11-33(35(29)23-31)27-17-13-25(3)14-18-27)32-22-30-10-8-12-34(36(30)24-32)28-19-15-26(4)16-20-28;;;/h7-24H,5-6H2,1-4H3;2*1H3;. The molecule has 1 aliphatic heterocycles. The normalized spacial score (nSPS) is 21.1. The van der Waals surface area contributed by atoms with Gasteiger partial charge < -0.3 is 0 Å². The maximum atomic E-state index is 2.79. The van der Waals surface area contributed by atoms with E-state index in [1.54, 1.807) is 11.1 Å². The van der Waals surface area contributed by atoms with Gasteiger partial charge in [0.1, 0.15) is 0 Å². The summed E-state index contributed by atoms with van der Waals surface area (Å²) >= 11 is -3.00. The van der Waals surface area contributed by atoms with Crippen LogP contribution in [0.25, 0.3) is 34.4 Å².